The van der Waals surface area contributed by atoms with Crippen molar-refractivity contribution in [3.63, 3.8) is 0 Å². The molecule has 1 aromatic heterocycles. The summed E-state index contributed by atoms with van der Waals surface area (Å²) in [6.45, 7) is 1.42. The van der Waals surface area contributed by atoms with Crippen LogP contribution in [0.1, 0.15) is 19.1 Å². The number of rotatable bonds is 6. The van der Waals surface area contributed by atoms with Gasteiger partial charge in [0.15, 0.2) is 0 Å². The zero-order valence-electron chi connectivity index (χ0n) is 14.8. The molecule has 0 atom stereocenters. The lowest BCUT2D eigenvalue weighted by Gasteiger charge is -2.07. The first-order chi connectivity index (χ1) is 13.0. The van der Waals surface area contributed by atoms with E-state index in [1.54, 1.807) is 54.6 Å². The van der Waals surface area contributed by atoms with Crippen molar-refractivity contribution < 1.29 is 18.4 Å². The fraction of sp³-hybridized carbons (Fsp3) is 0.143. The zero-order valence-corrected chi connectivity index (χ0v) is 14.8. The number of halogens is 1. The molecule has 0 spiro atoms. The normalized spacial score (nSPS) is 10.4. The Hall–Kier alpha value is -3.41. The van der Waals surface area contributed by atoms with E-state index in [0.717, 1.165) is 0 Å². The summed E-state index contributed by atoms with van der Waals surface area (Å²) in [5.74, 6) is 0.331. The second-order valence-corrected chi connectivity index (χ2v) is 6.06. The van der Waals surface area contributed by atoms with E-state index in [1.807, 2.05) is 0 Å². The van der Waals surface area contributed by atoms with Gasteiger partial charge in [0.1, 0.15) is 17.3 Å². The fourth-order valence-electron chi connectivity index (χ4n) is 2.66. The Morgan fingerprint density at radius 1 is 0.963 bits per heavy atom. The minimum atomic E-state index is -0.352. The number of carbonyl (C=O) groups is 2. The number of benzene rings is 2. The number of nitrogens with one attached hydrogen (secondary N) is 2. The van der Waals surface area contributed by atoms with E-state index in [1.165, 1.54) is 13.0 Å². The summed E-state index contributed by atoms with van der Waals surface area (Å²) in [4.78, 5) is 23.2. The molecule has 0 bridgehead atoms. The molecular formula is C21H19FN2O3. The van der Waals surface area contributed by atoms with Crippen LogP contribution in [0.3, 0.4) is 0 Å². The minimum Gasteiger partial charge on any atom is -0.461 e. The number of anilines is 2. The molecule has 2 aromatic carbocycles. The summed E-state index contributed by atoms with van der Waals surface area (Å²) in [6.07, 6.45) is 0.611. The highest BCUT2D eigenvalue weighted by atomic mass is 19.1. The number of hydrogen-bond donors (Lipinski definition) is 2. The van der Waals surface area contributed by atoms with Crippen molar-refractivity contribution in [1.29, 1.82) is 0 Å². The monoisotopic (exact) mass is 366 g/mol. The van der Waals surface area contributed by atoms with Crippen molar-refractivity contribution in [3.8, 4) is 11.3 Å². The third-order valence-corrected chi connectivity index (χ3v) is 3.87. The third-order valence-electron chi connectivity index (χ3n) is 3.87. The lowest BCUT2D eigenvalue weighted by molar-refractivity contribution is -0.116. The average Bonchev–Trinajstić information content (AvgIpc) is 3.09. The molecule has 2 N–H and O–H groups in total. The summed E-state index contributed by atoms with van der Waals surface area (Å²) < 4.78 is 19.4. The maximum Gasteiger partial charge on any atom is 0.224 e. The summed E-state index contributed by atoms with van der Waals surface area (Å²) in [5, 5.41) is 5.44. The molecule has 138 valence electrons. The largest absolute Gasteiger partial charge is 0.461 e. The van der Waals surface area contributed by atoms with E-state index in [-0.39, 0.29) is 24.1 Å². The van der Waals surface area contributed by atoms with Crippen LogP contribution in [0.2, 0.25) is 0 Å². The highest BCUT2D eigenvalue weighted by Crippen LogP contribution is 2.25. The SMILES string of the molecule is CC(=O)Nc1cccc(NC(=O)CCc2ccc(-c3ccccc3F)o2)c1. The molecule has 0 aliphatic carbocycles. The Bertz CT molecular complexity index is 965. The topological polar surface area (TPSA) is 71.3 Å². The van der Waals surface area contributed by atoms with E-state index in [9.17, 15) is 14.0 Å². The molecule has 0 unspecified atom stereocenters. The Morgan fingerprint density at radius 3 is 2.44 bits per heavy atom. The molecule has 3 rings (SSSR count). The van der Waals surface area contributed by atoms with Gasteiger partial charge in [0.2, 0.25) is 11.8 Å². The lowest BCUT2D eigenvalue weighted by atomic mass is 10.1. The first kappa shape index (κ1) is 18.4. The van der Waals surface area contributed by atoms with Gasteiger partial charge in [0.25, 0.3) is 0 Å². The fourth-order valence-corrected chi connectivity index (χ4v) is 2.66. The van der Waals surface area contributed by atoms with Crippen molar-refractivity contribution in [1.82, 2.24) is 0 Å². The molecule has 3 aromatic rings. The van der Waals surface area contributed by atoms with Crippen molar-refractivity contribution >= 4 is 23.2 Å². The van der Waals surface area contributed by atoms with Crippen molar-refractivity contribution in [2.45, 2.75) is 19.8 Å². The predicted octanol–water partition coefficient (Wildman–Crippen LogP) is 4.62. The van der Waals surface area contributed by atoms with Crippen LogP contribution in [0, 0.1) is 5.82 Å². The van der Waals surface area contributed by atoms with E-state index in [4.69, 9.17) is 4.42 Å². The molecular weight excluding hydrogens is 347 g/mol. The number of amides is 2. The standard InChI is InChI=1S/C21H19FN2O3/c1-14(25)23-15-5-4-6-16(13-15)24-21(26)12-10-17-9-11-20(27-17)18-7-2-3-8-19(18)22/h2-9,11,13H,10,12H2,1H3,(H,23,25)(H,24,26). The van der Waals surface area contributed by atoms with Gasteiger partial charge in [0, 0.05) is 31.1 Å². The van der Waals surface area contributed by atoms with Crippen LogP contribution >= 0.6 is 0 Å². The van der Waals surface area contributed by atoms with E-state index in [2.05, 4.69) is 10.6 Å². The summed E-state index contributed by atoms with van der Waals surface area (Å²) in [5.41, 5.74) is 1.60. The Morgan fingerprint density at radius 2 is 1.70 bits per heavy atom. The van der Waals surface area contributed by atoms with Crippen LogP contribution in [0.15, 0.2) is 65.1 Å². The van der Waals surface area contributed by atoms with Crippen molar-refractivity contribution in [3.05, 3.63) is 72.2 Å². The minimum absolute atomic E-state index is 0.179. The molecule has 27 heavy (non-hydrogen) atoms. The van der Waals surface area contributed by atoms with Crippen molar-refractivity contribution in [2.75, 3.05) is 10.6 Å². The summed E-state index contributed by atoms with van der Waals surface area (Å²) in [6, 6.07) is 16.7. The van der Waals surface area contributed by atoms with Crippen molar-refractivity contribution in [2.24, 2.45) is 0 Å². The first-order valence-electron chi connectivity index (χ1n) is 8.52. The summed E-state index contributed by atoms with van der Waals surface area (Å²) in [7, 11) is 0. The van der Waals surface area contributed by atoms with E-state index >= 15 is 0 Å². The van der Waals surface area contributed by atoms with Gasteiger partial charge in [-0.2, -0.15) is 0 Å². The van der Waals surface area contributed by atoms with Gasteiger partial charge in [0.05, 0.1) is 5.56 Å². The molecule has 2 amide bonds. The number of carbonyl (C=O) groups excluding carboxylic acids is 2. The highest BCUT2D eigenvalue weighted by molar-refractivity contribution is 5.93. The second-order valence-electron chi connectivity index (χ2n) is 6.06. The lowest BCUT2D eigenvalue weighted by Crippen LogP contribution is -2.12. The zero-order chi connectivity index (χ0) is 19.2. The van der Waals surface area contributed by atoms with Gasteiger partial charge < -0.3 is 15.1 Å². The molecule has 0 aliphatic heterocycles. The molecule has 0 radical (unpaired) electrons. The number of hydrogen-bond acceptors (Lipinski definition) is 3. The van der Waals surface area contributed by atoms with Crippen LogP contribution < -0.4 is 10.6 Å². The van der Waals surface area contributed by atoms with Crippen LogP contribution in [0.4, 0.5) is 15.8 Å². The van der Waals surface area contributed by atoms with E-state index in [0.29, 0.717) is 34.9 Å². The molecule has 0 saturated heterocycles. The maximum absolute atomic E-state index is 13.8. The van der Waals surface area contributed by atoms with Crippen LogP contribution in [0.5, 0.6) is 0 Å². The van der Waals surface area contributed by atoms with Gasteiger partial charge in [-0.15, -0.1) is 0 Å². The Labute approximate surface area is 156 Å². The van der Waals surface area contributed by atoms with Crippen LogP contribution in [0.25, 0.3) is 11.3 Å². The predicted molar refractivity (Wildman–Crippen MR) is 102 cm³/mol. The van der Waals surface area contributed by atoms with Crippen LogP contribution in [-0.2, 0) is 16.0 Å². The Kier molecular flexibility index (Phi) is 5.66. The van der Waals surface area contributed by atoms with Crippen LogP contribution in [-0.4, -0.2) is 11.8 Å². The van der Waals surface area contributed by atoms with Gasteiger partial charge in [-0.3, -0.25) is 9.59 Å². The Balaban J connectivity index is 1.57. The molecule has 1 heterocycles. The van der Waals surface area contributed by atoms with Gasteiger partial charge in [-0.05, 0) is 42.5 Å². The summed E-state index contributed by atoms with van der Waals surface area (Å²) >= 11 is 0. The highest BCUT2D eigenvalue weighted by Gasteiger charge is 2.11. The van der Waals surface area contributed by atoms with Gasteiger partial charge in [-0.25, -0.2) is 4.39 Å². The third kappa shape index (κ3) is 5.04. The molecule has 0 fully saturated rings. The molecule has 0 saturated carbocycles. The molecule has 0 aliphatic rings. The number of aryl methyl sites for hydroxylation is 1. The second kappa shape index (κ2) is 8.31. The quantitative estimate of drug-likeness (QED) is 0.669. The molecule has 5 nitrogen and oxygen atoms in total. The maximum atomic E-state index is 13.8. The van der Waals surface area contributed by atoms with Gasteiger partial charge >= 0.3 is 0 Å². The number of furan rings is 1. The smallest absolute Gasteiger partial charge is 0.224 e. The molecule has 6 heteroatoms. The van der Waals surface area contributed by atoms with Gasteiger partial charge in [-0.1, -0.05) is 18.2 Å². The van der Waals surface area contributed by atoms with E-state index < -0.39 is 0 Å². The average molecular weight is 366 g/mol. The first-order valence-corrected chi connectivity index (χ1v) is 8.52.